The van der Waals surface area contributed by atoms with Gasteiger partial charge in [-0.3, -0.25) is 4.79 Å². The van der Waals surface area contributed by atoms with Crippen LogP contribution < -0.4 is 10.1 Å². The highest BCUT2D eigenvalue weighted by Gasteiger charge is 2.26. The molecule has 0 atom stereocenters. The number of rotatable bonds is 7. The molecule has 1 amide bonds. The van der Waals surface area contributed by atoms with Crippen molar-refractivity contribution in [3.8, 4) is 15.6 Å². The van der Waals surface area contributed by atoms with Crippen LogP contribution in [0.1, 0.15) is 42.2 Å². The van der Waals surface area contributed by atoms with Crippen LogP contribution in [0.25, 0.3) is 20.9 Å². The Bertz CT molecular complexity index is 1440. The molecular weight excluding hydrogens is 534 g/mol. The van der Waals surface area contributed by atoms with Gasteiger partial charge in [0.1, 0.15) is 10.8 Å². The van der Waals surface area contributed by atoms with Gasteiger partial charge in [0.05, 0.1) is 26.8 Å². The quantitative estimate of drug-likeness (QED) is 0.224. The summed E-state index contributed by atoms with van der Waals surface area (Å²) in [5, 5.41) is 13.1. The first kappa shape index (κ1) is 25.7. The fourth-order valence-corrected chi connectivity index (χ4v) is 6.50. The molecule has 2 N–H and O–H groups in total. The first-order chi connectivity index (χ1) is 17.8. The van der Waals surface area contributed by atoms with Crippen molar-refractivity contribution in [2.75, 3.05) is 13.1 Å². The van der Waals surface area contributed by atoms with Gasteiger partial charge in [-0.25, -0.2) is 14.8 Å². The van der Waals surface area contributed by atoms with Gasteiger partial charge < -0.3 is 24.6 Å². The molecule has 37 heavy (non-hydrogen) atoms. The second kappa shape index (κ2) is 10.8. The number of nitrogens with one attached hydrogen (secondary N) is 1. The number of likely N-dealkylation sites (tertiary alicyclic amines) is 1. The van der Waals surface area contributed by atoms with E-state index in [-0.39, 0.29) is 23.5 Å². The number of nitrogens with zero attached hydrogens (tertiary/aromatic N) is 4. The van der Waals surface area contributed by atoms with Gasteiger partial charge in [0, 0.05) is 42.3 Å². The number of hydrogen-bond donors (Lipinski definition) is 2. The summed E-state index contributed by atoms with van der Waals surface area (Å²) in [7, 11) is 0. The Labute approximate surface area is 226 Å². The number of halogens is 1. The molecule has 194 valence electrons. The third-order valence-electron chi connectivity index (χ3n) is 6.37. The number of piperidine rings is 1. The summed E-state index contributed by atoms with van der Waals surface area (Å²) >= 11 is 9.06. The molecular formula is C25H26ClN5O4S2. The van der Waals surface area contributed by atoms with Crippen molar-refractivity contribution in [2.24, 2.45) is 0 Å². The van der Waals surface area contributed by atoms with Gasteiger partial charge in [-0.2, -0.15) is 0 Å². The minimum Gasteiger partial charge on any atom is -0.449 e. The number of benzene rings is 1. The summed E-state index contributed by atoms with van der Waals surface area (Å²) in [5.74, 6) is 0.171. The summed E-state index contributed by atoms with van der Waals surface area (Å²) in [4.78, 5) is 38.0. The third-order valence-corrected chi connectivity index (χ3v) is 8.76. The van der Waals surface area contributed by atoms with Crippen molar-refractivity contribution in [1.29, 1.82) is 0 Å². The smallest absolute Gasteiger partial charge is 0.449 e. The topological polar surface area (TPSA) is 110 Å². The summed E-state index contributed by atoms with van der Waals surface area (Å²) in [6, 6.07) is 9.11. The van der Waals surface area contributed by atoms with Crippen molar-refractivity contribution in [3.63, 3.8) is 0 Å². The number of fused-ring (bicyclic) bond motifs is 1. The Morgan fingerprint density at radius 1 is 1.22 bits per heavy atom. The van der Waals surface area contributed by atoms with Crippen molar-refractivity contribution in [2.45, 2.75) is 45.3 Å². The number of ether oxygens (including phenoxy) is 1. The summed E-state index contributed by atoms with van der Waals surface area (Å²) in [6.45, 7) is 6.58. The van der Waals surface area contributed by atoms with Crippen LogP contribution in [-0.2, 0) is 6.54 Å². The first-order valence-corrected chi connectivity index (χ1v) is 13.9. The molecule has 12 heteroatoms. The maximum atomic E-state index is 13.4. The molecule has 0 radical (unpaired) electrons. The highest BCUT2D eigenvalue weighted by atomic mass is 35.5. The highest BCUT2D eigenvalue weighted by Crippen LogP contribution is 2.34. The van der Waals surface area contributed by atoms with Crippen LogP contribution in [0.4, 0.5) is 4.79 Å². The van der Waals surface area contributed by atoms with Gasteiger partial charge in [0.25, 0.3) is 5.91 Å². The predicted molar refractivity (Wildman–Crippen MR) is 145 cm³/mol. The average Bonchev–Trinajstić information content (AvgIpc) is 3.58. The molecule has 4 heterocycles. The van der Waals surface area contributed by atoms with Crippen molar-refractivity contribution in [3.05, 3.63) is 51.6 Å². The lowest BCUT2D eigenvalue weighted by Gasteiger charge is -2.34. The van der Waals surface area contributed by atoms with E-state index in [0.29, 0.717) is 28.0 Å². The fourth-order valence-electron chi connectivity index (χ4n) is 4.49. The molecule has 4 aromatic rings. The number of aromatic nitrogens is 3. The second-order valence-corrected chi connectivity index (χ2v) is 12.0. The number of carbonyl (C=O) groups is 2. The van der Waals surface area contributed by atoms with Crippen molar-refractivity contribution >= 4 is 57.4 Å². The molecule has 0 spiro atoms. The second-order valence-electron chi connectivity index (χ2n) is 9.15. The molecule has 0 saturated carbocycles. The molecule has 3 aromatic heterocycles. The van der Waals surface area contributed by atoms with Gasteiger partial charge in [-0.15, -0.1) is 22.7 Å². The van der Waals surface area contributed by atoms with Gasteiger partial charge >= 0.3 is 6.16 Å². The van der Waals surface area contributed by atoms with E-state index < -0.39 is 6.16 Å². The minimum atomic E-state index is -1.40. The van der Waals surface area contributed by atoms with Crippen LogP contribution in [0.2, 0.25) is 4.34 Å². The number of carboxylic acid groups (broad SMARTS) is 1. The Kier molecular flexibility index (Phi) is 7.47. The van der Waals surface area contributed by atoms with Gasteiger partial charge in [0.2, 0.25) is 0 Å². The van der Waals surface area contributed by atoms with Crippen LogP contribution in [0.3, 0.4) is 0 Å². The number of imidazole rings is 1. The largest absolute Gasteiger partial charge is 0.511 e. The van der Waals surface area contributed by atoms with Crippen molar-refractivity contribution < 1.29 is 19.4 Å². The summed E-state index contributed by atoms with van der Waals surface area (Å²) in [6.07, 6.45) is 2.13. The van der Waals surface area contributed by atoms with E-state index in [1.54, 1.807) is 22.9 Å². The van der Waals surface area contributed by atoms with E-state index >= 15 is 0 Å². The standard InChI is InChI=1S/C25H26ClN5O4S2/c1-14(2)30-9-7-15(8-10-30)28-23(32)22-29-18-4-3-16(35-25(33)34)11-19(18)31(22)13-17-12-27-24(36-17)20-5-6-21(26)37-20/h3-6,11-12,14-15H,7-10,13H2,1-2H3,(H,28,32)(H,33,34). The molecule has 1 fully saturated rings. The zero-order valence-electron chi connectivity index (χ0n) is 20.3. The van der Waals surface area contributed by atoms with Crippen LogP contribution in [0.15, 0.2) is 36.5 Å². The molecule has 1 aliphatic rings. The summed E-state index contributed by atoms with van der Waals surface area (Å²) in [5.41, 5.74) is 1.18. The maximum absolute atomic E-state index is 13.4. The Hall–Kier alpha value is -2.99. The van der Waals surface area contributed by atoms with E-state index in [1.807, 2.05) is 12.1 Å². The predicted octanol–water partition coefficient (Wildman–Crippen LogP) is 5.58. The van der Waals surface area contributed by atoms with Crippen LogP contribution in [0, 0.1) is 0 Å². The Morgan fingerprint density at radius 3 is 2.68 bits per heavy atom. The molecule has 1 aliphatic heterocycles. The SMILES string of the molecule is CC(C)N1CCC(NC(=O)c2nc3ccc(OC(=O)O)cc3n2Cc2cnc(-c3ccc(Cl)s3)s2)CC1. The van der Waals surface area contributed by atoms with Crippen LogP contribution in [-0.4, -0.2) is 61.8 Å². The van der Waals surface area contributed by atoms with Crippen LogP contribution in [0.5, 0.6) is 5.75 Å². The van der Waals surface area contributed by atoms with E-state index in [4.69, 9.17) is 21.4 Å². The monoisotopic (exact) mass is 559 g/mol. The van der Waals surface area contributed by atoms with E-state index in [0.717, 1.165) is 40.7 Å². The number of thiophene rings is 1. The van der Waals surface area contributed by atoms with Crippen molar-refractivity contribution in [1.82, 2.24) is 24.8 Å². The zero-order valence-corrected chi connectivity index (χ0v) is 22.7. The average molecular weight is 560 g/mol. The number of amides is 1. The van der Waals surface area contributed by atoms with E-state index in [2.05, 4.69) is 34.0 Å². The lowest BCUT2D eigenvalue weighted by atomic mass is 10.0. The molecule has 9 nitrogen and oxygen atoms in total. The molecule has 1 saturated heterocycles. The Morgan fingerprint density at radius 2 is 2.00 bits per heavy atom. The van der Waals surface area contributed by atoms with Gasteiger partial charge in [0.15, 0.2) is 5.82 Å². The van der Waals surface area contributed by atoms with E-state index in [9.17, 15) is 9.59 Å². The van der Waals surface area contributed by atoms with Gasteiger partial charge in [-0.05, 0) is 51.0 Å². The lowest BCUT2D eigenvalue weighted by molar-refractivity contribution is 0.0886. The molecule has 0 aliphatic carbocycles. The molecule has 5 rings (SSSR count). The number of thiazole rings is 1. The lowest BCUT2D eigenvalue weighted by Crippen LogP contribution is -2.47. The fraction of sp³-hybridized carbons (Fsp3) is 0.360. The first-order valence-electron chi connectivity index (χ1n) is 11.9. The summed E-state index contributed by atoms with van der Waals surface area (Å²) < 4.78 is 7.35. The highest BCUT2D eigenvalue weighted by molar-refractivity contribution is 7.23. The van der Waals surface area contributed by atoms with Gasteiger partial charge in [-0.1, -0.05) is 11.6 Å². The molecule has 1 aromatic carbocycles. The Balaban J connectivity index is 1.44. The minimum absolute atomic E-state index is 0.0697. The van der Waals surface area contributed by atoms with E-state index in [1.165, 1.54) is 28.7 Å². The molecule has 0 bridgehead atoms. The number of carbonyl (C=O) groups excluding carboxylic acids is 1. The third kappa shape index (κ3) is 5.80. The zero-order chi connectivity index (χ0) is 26.1. The molecule has 0 unspecified atom stereocenters. The number of hydrogen-bond acceptors (Lipinski definition) is 8. The normalized spacial score (nSPS) is 14.9. The maximum Gasteiger partial charge on any atom is 0.511 e. The van der Waals surface area contributed by atoms with Crippen LogP contribution >= 0.6 is 34.3 Å².